The van der Waals surface area contributed by atoms with E-state index in [1.165, 1.54) is 32.2 Å². The first-order valence-electron chi connectivity index (χ1n) is 5.67. The van der Waals surface area contributed by atoms with Crippen LogP contribution in [0.15, 0.2) is 18.2 Å². The van der Waals surface area contributed by atoms with Crippen LogP contribution in [0.2, 0.25) is 0 Å². The number of nitrogens with one attached hydrogen (secondary N) is 2. The summed E-state index contributed by atoms with van der Waals surface area (Å²) in [4.78, 5) is 22.1. The van der Waals surface area contributed by atoms with Gasteiger partial charge in [0.25, 0.3) is 0 Å². The van der Waals surface area contributed by atoms with E-state index in [0.29, 0.717) is 5.69 Å². The van der Waals surface area contributed by atoms with Crippen molar-refractivity contribution in [1.82, 2.24) is 0 Å². The van der Waals surface area contributed by atoms with Crippen LogP contribution in [-0.2, 0) is 9.53 Å². The van der Waals surface area contributed by atoms with Crippen molar-refractivity contribution in [3.63, 3.8) is 0 Å². The third-order valence-electron chi connectivity index (χ3n) is 2.13. The molecule has 0 aliphatic carbocycles. The number of benzene rings is 1. The highest BCUT2D eigenvalue weighted by molar-refractivity contribution is 5.92. The zero-order chi connectivity index (χ0) is 16.0. The molecule has 9 heteroatoms. The third-order valence-corrected chi connectivity index (χ3v) is 2.13. The second kappa shape index (κ2) is 6.82. The van der Waals surface area contributed by atoms with E-state index in [1.807, 2.05) is 0 Å². The lowest BCUT2D eigenvalue weighted by Crippen LogP contribution is -2.23. The number of hydrogen-bond acceptors (Lipinski definition) is 4. The highest BCUT2D eigenvalue weighted by Crippen LogP contribution is 2.28. The molecular formula is C12H13F3N2O4. The molecule has 0 bridgehead atoms. The van der Waals surface area contributed by atoms with Crippen molar-refractivity contribution in [3.8, 4) is 5.75 Å². The van der Waals surface area contributed by atoms with Crippen LogP contribution < -0.4 is 15.4 Å². The maximum absolute atomic E-state index is 11.9. The maximum Gasteiger partial charge on any atom is 0.422 e. The summed E-state index contributed by atoms with van der Waals surface area (Å²) in [5, 5.41) is 4.61. The molecule has 0 aromatic heterocycles. The normalized spacial score (nSPS) is 10.7. The van der Waals surface area contributed by atoms with E-state index in [0.717, 1.165) is 0 Å². The lowest BCUT2D eigenvalue weighted by molar-refractivity contribution is -0.159. The minimum atomic E-state index is -4.59. The van der Waals surface area contributed by atoms with Gasteiger partial charge in [0.2, 0.25) is 5.91 Å². The fourth-order valence-electron chi connectivity index (χ4n) is 1.36. The van der Waals surface area contributed by atoms with Gasteiger partial charge < -0.3 is 14.8 Å². The first-order chi connectivity index (χ1) is 9.71. The molecular weight excluding hydrogens is 293 g/mol. The monoisotopic (exact) mass is 306 g/mol. The number of anilines is 2. The van der Waals surface area contributed by atoms with Gasteiger partial charge >= 0.3 is 12.3 Å². The Morgan fingerprint density at radius 2 is 1.90 bits per heavy atom. The smallest absolute Gasteiger partial charge is 0.422 e. The van der Waals surface area contributed by atoms with Crippen LogP contribution in [-0.4, -0.2) is 31.9 Å². The molecule has 0 atom stereocenters. The highest BCUT2D eigenvalue weighted by Gasteiger charge is 2.29. The minimum Gasteiger partial charge on any atom is -0.494 e. The number of alkyl halides is 3. The number of hydrogen-bond donors (Lipinski definition) is 2. The zero-order valence-corrected chi connectivity index (χ0v) is 11.2. The summed E-state index contributed by atoms with van der Waals surface area (Å²) in [5.41, 5.74) is 0.521. The number of carbonyl (C=O) groups excluding carboxylic acids is 2. The summed E-state index contributed by atoms with van der Waals surface area (Å²) in [6, 6.07) is 4.14. The van der Waals surface area contributed by atoms with Crippen molar-refractivity contribution in [3.05, 3.63) is 18.2 Å². The second-order valence-electron chi connectivity index (χ2n) is 3.91. The Morgan fingerprint density at radius 1 is 1.24 bits per heavy atom. The van der Waals surface area contributed by atoms with Gasteiger partial charge in [-0.05, 0) is 12.1 Å². The van der Waals surface area contributed by atoms with Gasteiger partial charge in [-0.3, -0.25) is 10.1 Å². The average molecular weight is 306 g/mol. The van der Waals surface area contributed by atoms with Crippen LogP contribution in [0, 0.1) is 0 Å². The Balaban J connectivity index is 2.72. The molecule has 0 saturated carbocycles. The van der Waals surface area contributed by atoms with Gasteiger partial charge in [0.05, 0.1) is 12.8 Å². The van der Waals surface area contributed by atoms with Crippen molar-refractivity contribution in [2.45, 2.75) is 13.1 Å². The van der Waals surface area contributed by atoms with Gasteiger partial charge in [-0.15, -0.1) is 0 Å². The predicted octanol–water partition coefficient (Wildman–Crippen LogP) is 2.76. The van der Waals surface area contributed by atoms with E-state index in [4.69, 9.17) is 4.74 Å². The molecule has 21 heavy (non-hydrogen) atoms. The molecule has 0 aliphatic rings. The summed E-state index contributed by atoms with van der Waals surface area (Å²) < 4.78 is 44.6. The Hall–Kier alpha value is -2.45. The topological polar surface area (TPSA) is 76.7 Å². The molecule has 0 aliphatic heterocycles. The Bertz CT molecular complexity index is 532. The summed E-state index contributed by atoms with van der Waals surface area (Å²) in [5.74, 6) is -0.0857. The van der Waals surface area contributed by atoms with Crippen LogP contribution in [0.1, 0.15) is 6.92 Å². The number of ether oxygens (including phenoxy) is 2. The largest absolute Gasteiger partial charge is 0.494 e. The SMILES string of the molecule is COc1cc(NC(=O)OCC(F)(F)F)ccc1NC(C)=O. The van der Waals surface area contributed by atoms with Crippen molar-refractivity contribution in [1.29, 1.82) is 0 Å². The number of methoxy groups -OCH3 is 1. The molecule has 1 aromatic rings. The number of carbonyl (C=O) groups is 2. The molecule has 0 unspecified atom stereocenters. The lowest BCUT2D eigenvalue weighted by Gasteiger charge is -2.12. The fraction of sp³-hybridized carbons (Fsp3) is 0.333. The van der Waals surface area contributed by atoms with Gasteiger partial charge in [0.1, 0.15) is 5.75 Å². The van der Waals surface area contributed by atoms with Crippen molar-refractivity contribution in [2.24, 2.45) is 0 Å². The molecule has 0 saturated heterocycles. The van der Waals surface area contributed by atoms with Gasteiger partial charge in [-0.1, -0.05) is 0 Å². The van der Waals surface area contributed by atoms with E-state index in [-0.39, 0.29) is 17.3 Å². The average Bonchev–Trinajstić information content (AvgIpc) is 2.37. The van der Waals surface area contributed by atoms with Crippen LogP contribution in [0.4, 0.5) is 29.3 Å². The van der Waals surface area contributed by atoms with Gasteiger partial charge in [0.15, 0.2) is 6.61 Å². The van der Waals surface area contributed by atoms with Crippen molar-refractivity contribution in [2.75, 3.05) is 24.4 Å². The minimum absolute atomic E-state index is 0.160. The molecule has 116 valence electrons. The van der Waals surface area contributed by atoms with Crippen LogP contribution in [0.25, 0.3) is 0 Å². The molecule has 0 radical (unpaired) electrons. The third kappa shape index (κ3) is 6.02. The van der Waals surface area contributed by atoms with E-state index >= 15 is 0 Å². The molecule has 6 nitrogen and oxygen atoms in total. The standard InChI is InChI=1S/C12H13F3N2O4/c1-7(18)16-9-4-3-8(5-10(9)20-2)17-11(19)21-6-12(13,14)15/h3-5H,6H2,1-2H3,(H,16,18)(H,17,19). The predicted molar refractivity (Wildman–Crippen MR) is 68.3 cm³/mol. The summed E-state index contributed by atoms with van der Waals surface area (Å²) in [6.45, 7) is -0.375. The van der Waals surface area contributed by atoms with E-state index < -0.39 is 18.9 Å². The first-order valence-corrected chi connectivity index (χ1v) is 5.67. The zero-order valence-electron chi connectivity index (χ0n) is 11.2. The molecule has 1 rings (SSSR count). The van der Waals surface area contributed by atoms with Gasteiger partial charge in [0, 0.05) is 18.7 Å². The Labute approximate surface area is 118 Å². The molecule has 2 amide bonds. The molecule has 2 N–H and O–H groups in total. The van der Waals surface area contributed by atoms with E-state index in [9.17, 15) is 22.8 Å². The summed E-state index contributed by atoms with van der Waals surface area (Å²) in [6.07, 6.45) is -5.84. The van der Waals surface area contributed by atoms with Gasteiger partial charge in [-0.2, -0.15) is 13.2 Å². The van der Waals surface area contributed by atoms with Crippen LogP contribution >= 0.6 is 0 Å². The van der Waals surface area contributed by atoms with Crippen LogP contribution in [0.5, 0.6) is 5.75 Å². The second-order valence-corrected chi connectivity index (χ2v) is 3.91. The lowest BCUT2D eigenvalue weighted by atomic mass is 10.2. The van der Waals surface area contributed by atoms with Crippen molar-refractivity contribution >= 4 is 23.4 Å². The molecule has 0 fully saturated rings. The van der Waals surface area contributed by atoms with Gasteiger partial charge in [-0.25, -0.2) is 4.79 Å². The van der Waals surface area contributed by atoms with Crippen LogP contribution in [0.3, 0.4) is 0 Å². The first kappa shape index (κ1) is 16.6. The summed E-state index contributed by atoms with van der Waals surface area (Å²) >= 11 is 0. The quantitative estimate of drug-likeness (QED) is 0.896. The number of rotatable bonds is 4. The Morgan fingerprint density at radius 3 is 2.43 bits per heavy atom. The Kier molecular flexibility index (Phi) is 5.39. The molecule has 1 aromatic carbocycles. The van der Waals surface area contributed by atoms with Crippen molar-refractivity contribution < 1.29 is 32.2 Å². The maximum atomic E-state index is 11.9. The van der Waals surface area contributed by atoms with E-state index in [1.54, 1.807) is 0 Å². The number of amides is 2. The fourth-order valence-corrected chi connectivity index (χ4v) is 1.36. The van der Waals surface area contributed by atoms with E-state index in [2.05, 4.69) is 15.4 Å². The summed E-state index contributed by atoms with van der Waals surface area (Å²) in [7, 11) is 1.34. The molecule has 0 heterocycles. The number of halogens is 3. The highest BCUT2D eigenvalue weighted by atomic mass is 19.4. The molecule has 0 spiro atoms.